The SMILES string of the molecule is COc1ccc(F)c(-c2ccc(C3COc4ccc([C@H](C5CC5)[C@H](C)C(=O)O)cc4C3)cc2)c1.COc1ccc(F)c(-c2ccc(C3COc4ccc([C@H](C5CC5)[C@H](C)C(=O)O)cc4C3)cc2)c1. The molecule has 6 atom stereocenters. The third-order valence-corrected chi connectivity index (χ3v) is 14.6. The minimum absolute atomic E-state index is 0.0419. The molecule has 0 spiro atoms. The van der Waals surface area contributed by atoms with Crippen molar-refractivity contribution in [1.29, 1.82) is 0 Å². The highest BCUT2D eigenvalue weighted by Crippen LogP contribution is 2.49. The summed E-state index contributed by atoms with van der Waals surface area (Å²) in [6.07, 6.45) is 6.04. The molecule has 2 N–H and O–H groups in total. The number of aliphatic carboxylic acids is 2. The molecule has 2 saturated carbocycles. The number of methoxy groups -OCH3 is 2. The molecule has 2 unspecified atom stereocenters. The molecular formula is C58H58F2O8. The second-order valence-corrected chi connectivity index (χ2v) is 19.1. The molecule has 4 aliphatic rings. The number of rotatable bonds is 14. The van der Waals surface area contributed by atoms with E-state index in [0.717, 1.165) is 94.5 Å². The number of carboxylic acids is 2. The van der Waals surface area contributed by atoms with E-state index >= 15 is 0 Å². The molecule has 2 aliphatic heterocycles. The average molecular weight is 921 g/mol. The van der Waals surface area contributed by atoms with Crippen LogP contribution < -0.4 is 18.9 Å². The van der Waals surface area contributed by atoms with Crippen LogP contribution in [0.15, 0.2) is 121 Å². The van der Waals surface area contributed by atoms with Gasteiger partial charge < -0.3 is 29.2 Å². The molecule has 6 aromatic carbocycles. The molecule has 0 radical (unpaired) electrons. The van der Waals surface area contributed by atoms with Crippen LogP contribution in [0.2, 0.25) is 0 Å². The molecule has 6 aromatic rings. The molecule has 2 fully saturated rings. The van der Waals surface area contributed by atoms with Crippen LogP contribution in [-0.2, 0) is 22.4 Å². The molecule has 2 heterocycles. The number of carboxylic acid groups (broad SMARTS) is 2. The Balaban J connectivity index is 0.000000170. The van der Waals surface area contributed by atoms with E-state index in [1.54, 1.807) is 38.5 Å². The quantitative estimate of drug-likeness (QED) is 0.111. The third kappa shape index (κ3) is 10.1. The van der Waals surface area contributed by atoms with Gasteiger partial charge in [-0.25, -0.2) is 8.78 Å². The second kappa shape index (κ2) is 19.9. The number of ether oxygens (including phenoxy) is 4. The number of hydrogen-bond donors (Lipinski definition) is 2. The number of benzene rings is 6. The van der Waals surface area contributed by atoms with Gasteiger partial charge in [-0.2, -0.15) is 0 Å². The Hall–Kier alpha value is -6.68. The van der Waals surface area contributed by atoms with Crippen LogP contribution in [0.5, 0.6) is 23.0 Å². The van der Waals surface area contributed by atoms with Crippen molar-refractivity contribution in [3.05, 3.63) is 166 Å². The molecule has 68 heavy (non-hydrogen) atoms. The summed E-state index contributed by atoms with van der Waals surface area (Å²) in [5, 5.41) is 19.2. The zero-order valence-electron chi connectivity index (χ0n) is 38.9. The van der Waals surface area contributed by atoms with E-state index in [0.29, 0.717) is 47.7 Å². The summed E-state index contributed by atoms with van der Waals surface area (Å²) in [7, 11) is 3.14. The van der Waals surface area contributed by atoms with Crippen molar-refractivity contribution in [1.82, 2.24) is 0 Å². The Morgan fingerprint density at radius 3 is 1.26 bits per heavy atom. The van der Waals surface area contributed by atoms with Crippen molar-refractivity contribution < 1.29 is 47.5 Å². The highest BCUT2D eigenvalue weighted by atomic mass is 19.1. The third-order valence-electron chi connectivity index (χ3n) is 14.6. The van der Waals surface area contributed by atoms with Gasteiger partial charge in [0.05, 0.1) is 39.3 Å². The summed E-state index contributed by atoms with van der Waals surface area (Å²) in [4.78, 5) is 23.4. The van der Waals surface area contributed by atoms with Gasteiger partial charge in [0.2, 0.25) is 0 Å². The Morgan fingerprint density at radius 1 is 0.544 bits per heavy atom. The molecule has 10 rings (SSSR count). The number of halogens is 2. The maximum Gasteiger partial charge on any atom is 0.306 e. The van der Waals surface area contributed by atoms with Crippen LogP contribution in [0.4, 0.5) is 8.78 Å². The van der Waals surface area contributed by atoms with Gasteiger partial charge in [-0.3, -0.25) is 9.59 Å². The summed E-state index contributed by atoms with van der Waals surface area (Å²) in [6.45, 7) is 4.79. The number of hydrogen-bond acceptors (Lipinski definition) is 6. The summed E-state index contributed by atoms with van der Waals surface area (Å²) in [5.41, 5.74) is 9.36. The first-order valence-corrected chi connectivity index (χ1v) is 23.7. The van der Waals surface area contributed by atoms with Crippen LogP contribution in [0.3, 0.4) is 0 Å². The van der Waals surface area contributed by atoms with Crippen LogP contribution in [0, 0.1) is 35.3 Å². The van der Waals surface area contributed by atoms with Crippen molar-refractivity contribution in [3.63, 3.8) is 0 Å². The van der Waals surface area contributed by atoms with Gasteiger partial charge in [0.25, 0.3) is 0 Å². The lowest BCUT2D eigenvalue weighted by atomic mass is 9.81. The van der Waals surface area contributed by atoms with Gasteiger partial charge in [0.1, 0.15) is 34.6 Å². The molecular weight excluding hydrogens is 863 g/mol. The molecule has 0 bridgehead atoms. The fourth-order valence-corrected chi connectivity index (χ4v) is 10.4. The second-order valence-electron chi connectivity index (χ2n) is 19.1. The first-order valence-electron chi connectivity index (χ1n) is 23.7. The van der Waals surface area contributed by atoms with Gasteiger partial charge >= 0.3 is 11.9 Å². The minimum atomic E-state index is -0.740. The van der Waals surface area contributed by atoms with Gasteiger partial charge in [0.15, 0.2) is 0 Å². The van der Waals surface area contributed by atoms with Crippen LogP contribution in [0.25, 0.3) is 22.3 Å². The van der Waals surface area contributed by atoms with E-state index in [-0.39, 0.29) is 35.3 Å². The molecule has 0 aromatic heterocycles. The predicted octanol–water partition coefficient (Wildman–Crippen LogP) is 12.9. The topological polar surface area (TPSA) is 112 Å². The lowest BCUT2D eigenvalue weighted by molar-refractivity contribution is -0.143. The van der Waals surface area contributed by atoms with Crippen molar-refractivity contribution >= 4 is 11.9 Å². The fourth-order valence-electron chi connectivity index (χ4n) is 10.4. The molecule has 8 nitrogen and oxygen atoms in total. The first-order chi connectivity index (χ1) is 32.9. The average Bonchev–Trinajstić information content (AvgIpc) is 4.32. The lowest BCUT2D eigenvalue weighted by Gasteiger charge is -2.28. The van der Waals surface area contributed by atoms with E-state index in [1.807, 2.05) is 86.6 Å². The summed E-state index contributed by atoms with van der Waals surface area (Å²) in [6, 6.07) is 37.8. The largest absolute Gasteiger partial charge is 0.497 e. The fraction of sp³-hybridized carbons (Fsp3) is 0.345. The maximum absolute atomic E-state index is 14.4. The highest BCUT2D eigenvalue weighted by Gasteiger charge is 2.40. The summed E-state index contributed by atoms with van der Waals surface area (Å²) >= 11 is 0. The Morgan fingerprint density at radius 2 is 0.926 bits per heavy atom. The molecule has 10 heteroatoms. The molecule has 0 amide bonds. The van der Waals surface area contributed by atoms with E-state index < -0.39 is 23.8 Å². The number of fused-ring (bicyclic) bond motifs is 2. The zero-order chi connectivity index (χ0) is 47.6. The minimum Gasteiger partial charge on any atom is -0.497 e. The van der Waals surface area contributed by atoms with Crippen molar-refractivity contribution in [2.45, 2.75) is 76.0 Å². The van der Waals surface area contributed by atoms with E-state index in [1.165, 1.54) is 12.1 Å². The smallest absolute Gasteiger partial charge is 0.306 e. The first kappa shape index (κ1) is 46.4. The summed E-state index contributed by atoms with van der Waals surface area (Å²) in [5.74, 6) is 1.51. The highest BCUT2D eigenvalue weighted by molar-refractivity contribution is 5.72. The Bertz CT molecular complexity index is 2590. The van der Waals surface area contributed by atoms with E-state index in [9.17, 15) is 28.6 Å². The van der Waals surface area contributed by atoms with Gasteiger partial charge in [-0.05, 0) is 155 Å². The van der Waals surface area contributed by atoms with Gasteiger partial charge in [0, 0.05) is 23.0 Å². The lowest BCUT2D eigenvalue weighted by Crippen LogP contribution is -2.22. The predicted molar refractivity (Wildman–Crippen MR) is 258 cm³/mol. The van der Waals surface area contributed by atoms with Gasteiger partial charge in [-0.1, -0.05) is 86.6 Å². The van der Waals surface area contributed by atoms with Gasteiger partial charge in [-0.15, -0.1) is 0 Å². The Labute approximate surface area is 396 Å². The van der Waals surface area contributed by atoms with Crippen LogP contribution >= 0.6 is 0 Å². The molecule has 0 saturated heterocycles. The monoisotopic (exact) mass is 920 g/mol. The van der Waals surface area contributed by atoms with E-state index in [4.69, 9.17) is 18.9 Å². The molecule has 2 aliphatic carbocycles. The molecule has 352 valence electrons. The number of carbonyl (C=O) groups is 2. The van der Waals surface area contributed by atoms with Crippen LogP contribution in [-0.4, -0.2) is 49.6 Å². The standard InChI is InChI=1S/2C29H29FO4/c2*1-17(29(31)32)28(20-7-8-20)21-9-12-27-22(13-21)14-23(16-34-27)18-3-5-19(6-4-18)25-15-24(33-2)10-11-26(25)30/h2*3-6,9-13,15,17,20,23,28H,7-8,14,16H2,1-2H3,(H,31,32)/t2*17-,23?,28-/m00/s1. The van der Waals surface area contributed by atoms with Crippen molar-refractivity contribution in [3.8, 4) is 45.3 Å². The zero-order valence-corrected chi connectivity index (χ0v) is 38.9. The maximum atomic E-state index is 14.4. The normalized spacial score (nSPS) is 19.0. The van der Waals surface area contributed by atoms with Crippen molar-refractivity contribution in [2.75, 3.05) is 27.4 Å². The van der Waals surface area contributed by atoms with Crippen LogP contribution in [0.1, 0.15) is 96.6 Å². The van der Waals surface area contributed by atoms with Crippen molar-refractivity contribution in [2.24, 2.45) is 23.7 Å². The summed E-state index contributed by atoms with van der Waals surface area (Å²) < 4.78 is 51.4. The van der Waals surface area contributed by atoms with E-state index in [2.05, 4.69) is 12.1 Å². The Kier molecular flexibility index (Phi) is 13.6.